The van der Waals surface area contributed by atoms with Crippen molar-refractivity contribution in [2.24, 2.45) is 17.8 Å². The Kier molecular flexibility index (Phi) is 5.00. The van der Waals surface area contributed by atoms with E-state index < -0.39 is 17.9 Å². The normalized spacial score (nSPS) is 29.2. The third-order valence-corrected chi connectivity index (χ3v) is 6.52. The molecule has 3 fully saturated rings. The molecule has 4 rings (SSSR count). The maximum Gasteiger partial charge on any atom is 0.326 e. The van der Waals surface area contributed by atoms with Crippen LogP contribution in [0, 0.1) is 17.8 Å². The summed E-state index contributed by atoms with van der Waals surface area (Å²) >= 11 is 0. The lowest BCUT2D eigenvalue weighted by Crippen LogP contribution is -2.46. The second-order valence-corrected chi connectivity index (χ2v) is 8.15. The van der Waals surface area contributed by atoms with Crippen LogP contribution in [0.5, 0.6) is 5.75 Å². The number of carbonyl (C=O) groups is 3. The number of fused-ring (bicyclic) bond motifs is 1. The van der Waals surface area contributed by atoms with Crippen molar-refractivity contribution in [2.75, 3.05) is 20.2 Å². The number of amides is 2. The number of hydrogen-bond acceptors (Lipinski definition) is 4. The van der Waals surface area contributed by atoms with E-state index in [1.165, 1.54) is 0 Å². The molecule has 1 saturated carbocycles. The number of carbonyl (C=O) groups excluding carboxylic acids is 2. The molecule has 2 amide bonds. The van der Waals surface area contributed by atoms with Crippen molar-refractivity contribution in [1.82, 2.24) is 9.80 Å². The highest BCUT2D eigenvalue weighted by molar-refractivity contribution is 5.92. The first-order valence-electron chi connectivity index (χ1n) is 9.92. The summed E-state index contributed by atoms with van der Waals surface area (Å²) in [6, 6.07) is 6.77. The van der Waals surface area contributed by atoms with Crippen LogP contribution in [0.2, 0.25) is 0 Å². The Balaban J connectivity index is 1.42. The van der Waals surface area contributed by atoms with Gasteiger partial charge in [0.1, 0.15) is 11.8 Å². The van der Waals surface area contributed by atoms with Gasteiger partial charge in [-0.15, -0.1) is 0 Å². The van der Waals surface area contributed by atoms with Crippen LogP contribution >= 0.6 is 0 Å². The van der Waals surface area contributed by atoms with Gasteiger partial charge < -0.3 is 19.6 Å². The predicted molar refractivity (Wildman–Crippen MR) is 100 cm³/mol. The molecular formula is C21H26N2O5. The van der Waals surface area contributed by atoms with Gasteiger partial charge in [-0.05, 0) is 42.4 Å². The Morgan fingerprint density at radius 3 is 2.61 bits per heavy atom. The molecule has 150 valence electrons. The van der Waals surface area contributed by atoms with Crippen molar-refractivity contribution in [3.05, 3.63) is 29.8 Å². The van der Waals surface area contributed by atoms with Gasteiger partial charge in [-0.3, -0.25) is 9.59 Å². The summed E-state index contributed by atoms with van der Waals surface area (Å²) < 4.78 is 5.15. The van der Waals surface area contributed by atoms with Crippen LogP contribution in [-0.4, -0.2) is 58.9 Å². The van der Waals surface area contributed by atoms with Gasteiger partial charge in [-0.25, -0.2) is 4.79 Å². The first kappa shape index (κ1) is 18.8. The molecule has 7 nitrogen and oxygen atoms in total. The molecule has 1 aromatic carbocycles. The number of hydrogen-bond donors (Lipinski definition) is 1. The maximum atomic E-state index is 13.1. The summed E-state index contributed by atoms with van der Waals surface area (Å²) in [5.41, 5.74) is 0.973. The van der Waals surface area contributed by atoms with Crippen LogP contribution in [0.4, 0.5) is 0 Å². The molecule has 1 aromatic rings. The first-order chi connectivity index (χ1) is 13.5. The van der Waals surface area contributed by atoms with Crippen molar-refractivity contribution in [1.29, 1.82) is 0 Å². The van der Waals surface area contributed by atoms with E-state index in [4.69, 9.17) is 4.74 Å². The van der Waals surface area contributed by atoms with Crippen molar-refractivity contribution in [3.8, 4) is 5.75 Å². The highest BCUT2D eigenvalue weighted by atomic mass is 16.5. The Morgan fingerprint density at radius 1 is 1.18 bits per heavy atom. The number of benzene rings is 1. The molecule has 1 aliphatic carbocycles. The summed E-state index contributed by atoms with van der Waals surface area (Å²) in [5, 5.41) is 9.68. The van der Waals surface area contributed by atoms with Gasteiger partial charge in [0.15, 0.2) is 0 Å². The van der Waals surface area contributed by atoms with E-state index in [1.807, 2.05) is 24.3 Å². The molecule has 28 heavy (non-hydrogen) atoms. The Bertz CT molecular complexity index is 778. The smallest absolute Gasteiger partial charge is 0.326 e. The Hall–Kier alpha value is -2.57. The zero-order chi connectivity index (χ0) is 19.8. The molecule has 3 aliphatic rings. The number of likely N-dealkylation sites (tertiary alicyclic amines) is 2. The van der Waals surface area contributed by atoms with Crippen molar-refractivity contribution in [3.63, 3.8) is 0 Å². The molecule has 4 unspecified atom stereocenters. The van der Waals surface area contributed by atoms with E-state index >= 15 is 0 Å². The van der Waals surface area contributed by atoms with Gasteiger partial charge in [0.05, 0.1) is 13.0 Å². The molecule has 0 aromatic heterocycles. The molecule has 0 radical (unpaired) electrons. The third-order valence-electron chi connectivity index (χ3n) is 6.52. The van der Waals surface area contributed by atoms with Crippen LogP contribution < -0.4 is 4.74 Å². The minimum Gasteiger partial charge on any atom is -0.497 e. The topological polar surface area (TPSA) is 87.2 Å². The number of carboxylic acids is 1. The van der Waals surface area contributed by atoms with Crippen molar-refractivity contribution >= 4 is 17.8 Å². The summed E-state index contributed by atoms with van der Waals surface area (Å²) in [7, 11) is 1.60. The lowest BCUT2D eigenvalue weighted by atomic mass is 9.94. The number of methoxy groups -OCH3 is 1. The number of ether oxygens (including phenoxy) is 1. The fraction of sp³-hybridized carbons (Fsp3) is 0.571. The Morgan fingerprint density at radius 2 is 1.93 bits per heavy atom. The van der Waals surface area contributed by atoms with E-state index in [2.05, 4.69) is 0 Å². The minimum absolute atomic E-state index is 0.0552. The summed E-state index contributed by atoms with van der Waals surface area (Å²) in [5.74, 6) is -0.489. The summed E-state index contributed by atoms with van der Waals surface area (Å²) in [6.45, 7) is 1.31. The lowest BCUT2D eigenvalue weighted by molar-refractivity contribution is -0.151. The molecule has 1 N–H and O–H groups in total. The highest BCUT2D eigenvalue weighted by Gasteiger charge is 2.51. The van der Waals surface area contributed by atoms with Crippen LogP contribution in [0.3, 0.4) is 0 Å². The SMILES string of the molecule is COc1ccc(CN2CC(C(=O)N3CC4CCCC4C3C(=O)O)CC2=O)cc1. The van der Waals surface area contributed by atoms with Crippen molar-refractivity contribution in [2.45, 2.75) is 38.3 Å². The van der Waals surface area contributed by atoms with Crippen LogP contribution in [0.25, 0.3) is 0 Å². The van der Waals surface area contributed by atoms with Gasteiger partial charge in [0, 0.05) is 26.1 Å². The molecular weight excluding hydrogens is 360 g/mol. The molecule has 2 heterocycles. The van der Waals surface area contributed by atoms with E-state index in [-0.39, 0.29) is 30.1 Å². The standard InChI is InChI=1S/C21H26N2O5/c1-28-16-7-5-13(6-8-16)10-22-11-15(9-18(22)24)20(25)23-12-14-3-2-4-17(14)19(23)21(26)27/h5-8,14-15,17,19H,2-4,9-12H2,1H3,(H,26,27). The molecule has 4 atom stereocenters. The van der Waals surface area contributed by atoms with E-state index in [9.17, 15) is 19.5 Å². The fourth-order valence-corrected chi connectivity index (χ4v) is 5.12. The quantitative estimate of drug-likeness (QED) is 0.833. The van der Waals surface area contributed by atoms with Gasteiger partial charge >= 0.3 is 5.97 Å². The largest absolute Gasteiger partial charge is 0.497 e. The zero-order valence-corrected chi connectivity index (χ0v) is 16.0. The van der Waals surface area contributed by atoms with Gasteiger partial charge in [0.25, 0.3) is 0 Å². The molecule has 7 heteroatoms. The van der Waals surface area contributed by atoms with E-state index in [0.717, 1.165) is 30.6 Å². The first-order valence-corrected chi connectivity index (χ1v) is 9.92. The van der Waals surface area contributed by atoms with Gasteiger partial charge in [-0.2, -0.15) is 0 Å². The molecule has 0 spiro atoms. The molecule has 2 saturated heterocycles. The predicted octanol–water partition coefficient (Wildman–Crippen LogP) is 1.76. The molecule has 0 bridgehead atoms. The number of carboxylic acid groups (broad SMARTS) is 1. The summed E-state index contributed by atoms with van der Waals surface area (Å²) in [6.07, 6.45) is 3.07. The van der Waals surface area contributed by atoms with Crippen LogP contribution in [0.15, 0.2) is 24.3 Å². The molecule has 2 aliphatic heterocycles. The van der Waals surface area contributed by atoms with Gasteiger partial charge in [0.2, 0.25) is 11.8 Å². The van der Waals surface area contributed by atoms with E-state index in [0.29, 0.717) is 19.6 Å². The zero-order valence-electron chi connectivity index (χ0n) is 16.0. The van der Waals surface area contributed by atoms with E-state index in [1.54, 1.807) is 16.9 Å². The highest BCUT2D eigenvalue weighted by Crippen LogP contribution is 2.43. The fourth-order valence-electron chi connectivity index (χ4n) is 5.12. The third kappa shape index (κ3) is 3.34. The second kappa shape index (κ2) is 7.45. The number of nitrogens with zero attached hydrogens (tertiary/aromatic N) is 2. The van der Waals surface area contributed by atoms with Gasteiger partial charge in [-0.1, -0.05) is 18.6 Å². The summed E-state index contributed by atoms with van der Waals surface area (Å²) in [4.78, 5) is 40.6. The lowest BCUT2D eigenvalue weighted by Gasteiger charge is -2.27. The number of aliphatic carboxylic acids is 1. The average Bonchev–Trinajstić information content (AvgIpc) is 3.36. The second-order valence-electron chi connectivity index (χ2n) is 8.15. The number of rotatable bonds is 5. The van der Waals surface area contributed by atoms with Crippen LogP contribution in [-0.2, 0) is 20.9 Å². The van der Waals surface area contributed by atoms with Crippen LogP contribution in [0.1, 0.15) is 31.2 Å². The van der Waals surface area contributed by atoms with Crippen molar-refractivity contribution < 1.29 is 24.2 Å². The minimum atomic E-state index is -0.915. The maximum absolute atomic E-state index is 13.1. The monoisotopic (exact) mass is 386 g/mol. The Labute approximate surface area is 164 Å². The average molecular weight is 386 g/mol.